The SMILES string of the molecule is CCOc1ccccc1NS(=O)(=O)c1ccc(C)c(C(=O)N2CCCC2)c1. The molecule has 27 heavy (non-hydrogen) atoms. The fourth-order valence-corrected chi connectivity index (χ4v) is 4.22. The number of carbonyl (C=O) groups is 1. The van der Waals surface area contributed by atoms with Gasteiger partial charge < -0.3 is 9.64 Å². The zero-order valence-electron chi connectivity index (χ0n) is 15.6. The van der Waals surface area contributed by atoms with Gasteiger partial charge in [-0.05, 0) is 56.5 Å². The summed E-state index contributed by atoms with van der Waals surface area (Å²) in [6.07, 6.45) is 1.97. The molecule has 0 spiro atoms. The maximum Gasteiger partial charge on any atom is 0.262 e. The van der Waals surface area contributed by atoms with Crippen LogP contribution in [-0.2, 0) is 10.0 Å². The van der Waals surface area contributed by atoms with Crippen molar-refractivity contribution in [1.82, 2.24) is 4.90 Å². The number of hydrogen-bond acceptors (Lipinski definition) is 4. The molecule has 2 aromatic carbocycles. The highest BCUT2D eigenvalue weighted by molar-refractivity contribution is 7.92. The third-order valence-electron chi connectivity index (χ3n) is 4.57. The highest BCUT2D eigenvalue weighted by Gasteiger charge is 2.24. The van der Waals surface area contributed by atoms with Gasteiger partial charge in [0, 0.05) is 18.7 Å². The van der Waals surface area contributed by atoms with E-state index < -0.39 is 10.0 Å². The van der Waals surface area contributed by atoms with Gasteiger partial charge in [0.05, 0.1) is 17.2 Å². The summed E-state index contributed by atoms with van der Waals surface area (Å²) >= 11 is 0. The number of anilines is 1. The van der Waals surface area contributed by atoms with Crippen molar-refractivity contribution in [1.29, 1.82) is 0 Å². The largest absolute Gasteiger partial charge is 0.492 e. The highest BCUT2D eigenvalue weighted by atomic mass is 32.2. The van der Waals surface area contributed by atoms with Gasteiger partial charge in [0.1, 0.15) is 5.75 Å². The van der Waals surface area contributed by atoms with E-state index >= 15 is 0 Å². The first-order chi connectivity index (χ1) is 12.9. The van der Waals surface area contributed by atoms with Gasteiger partial charge in [-0.1, -0.05) is 18.2 Å². The van der Waals surface area contributed by atoms with Crippen molar-refractivity contribution in [2.24, 2.45) is 0 Å². The number of carbonyl (C=O) groups excluding carboxylic acids is 1. The second-order valence-electron chi connectivity index (χ2n) is 6.51. The first kappa shape index (κ1) is 19.2. The Morgan fingerprint density at radius 3 is 2.56 bits per heavy atom. The summed E-state index contributed by atoms with van der Waals surface area (Å²) in [5.74, 6) is 0.348. The Morgan fingerprint density at radius 1 is 1.15 bits per heavy atom. The second-order valence-corrected chi connectivity index (χ2v) is 8.19. The van der Waals surface area contributed by atoms with Crippen molar-refractivity contribution >= 4 is 21.6 Å². The van der Waals surface area contributed by atoms with Crippen LogP contribution in [0.25, 0.3) is 0 Å². The Hall–Kier alpha value is -2.54. The van der Waals surface area contributed by atoms with E-state index in [4.69, 9.17) is 4.74 Å². The van der Waals surface area contributed by atoms with E-state index in [1.54, 1.807) is 35.2 Å². The first-order valence-electron chi connectivity index (χ1n) is 9.07. The number of nitrogens with one attached hydrogen (secondary N) is 1. The van der Waals surface area contributed by atoms with E-state index in [1.807, 2.05) is 13.8 Å². The standard InChI is InChI=1S/C20H24N2O4S/c1-3-26-19-9-5-4-8-18(19)21-27(24,25)16-11-10-15(2)17(14-16)20(23)22-12-6-7-13-22/h4-5,8-11,14,21H,3,6-7,12-13H2,1-2H3. The van der Waals surface area contributed by atoms with E-state index in [1.165, 1.54) is 12.1 Å². The molecule has 1 heterocycles. The fourth-order valence-electron chi connectivity index (χ4n) is 3.13. The van der Waals surface area contributed by atoms with Crippen LogP contribution >= 0.6 is 0 Å². The zero-order chi connectivity index (χ0) is 19.4. The lowest BCUT2D eigenvalue weighted by Gasteiger charge is -2.18. The number of para-hydroxylation sites is 2. The summed E-state index contributed by atoms with van der Waals surface area (Å²) < 4.78 is 33.8. The van der Waals surface area contributed by atoms with Gasteiger partial charge in [0.25, 0.3) is 15.9 Å². The molecule has 0 atom stereocenters. The molecule has 1 saturated heterocycles. The third-order valence-corrected chi connectivity index (χ3v) is 5.94. The molecule has 1 amide bonds. The number of ether oxygens (including phenoxy) is 1. The molecular formula is C20H24N2O4S. The minimum absolute atomic E-state index is 0.0574. The van der Waals surface area contributed by atoms with Crippen LogP contribution in [0.4, 0.5) is 5.69 Å². The van der Waals surface area contributed by atoms with Gasteiger partial charge in [-0.2, -0.15) is 0 Å². The molecule has 7 heteroatoms. The van der Waals surface area contributed by atoms with Crippen LogP contribution in [-0.4, -0.2) is 38.9 Å². The Balaban J connectivity index is 1.91. The van der Waals surface area contributed by atoms with Crippen LogP contribution in [0.3, 0.4) is 0 Å². The van der Waals surface area contributed by atoms with Gasteiger partial charge in [-0.3, -0.25) is 9.52 Å². The predicted octanol–water partition coefficient (Wildman–Crippen LogP) is 3.43. The quantitative estimate of drug-likeness (QED) is 0.823. The maximum atomic E-state index is 12.9. The Bertz CT molecular complexity index is 935. The zero-order valence-corrected chi connectivity index (χ0v) is 16.4. The van der Waals surface area contributed by atoms with E-state index in [0.29, 0.717) is 23.6 Å². The number of rotatable bonds is 6. The molecule has 1 N–H and O–H groups in total. The Morgan fingerprint density at radius 2 is 1.85 bits per heavy atom. The number of nitrogens with zero attached hydrogens (tertiary/aromatic N) is 1. The van der Waals surface area contributed by atoms with Gasteiger partial charge in [-0.25, -0.2) is 8.42 Å². The lowest BCUT2D eigenvalue weighted by Crippen LogP contribution is -2.28. The third kappa shape index (κ3) is 4.24. The smallest absolute Gasteiger partial charge is 0.262 e. The summed E-state index contributed by atoms with van der Waals surface area (Å²) in [5, 5.41) is 0. The van der Waals surface area contributed by atoms with Crippen molar-refractivity contribution in [3.8, 4) is 5.75 Å². The van der Waals surface area contributed by atoms with E-state index in [9.17, 15) is 13.2 Å². The first-order valence-corrected chi connectivity index (χ1v) is 10.6. The minimum atomic E-state index is -3.85. The molecule has 1 fully saturated rings. The van der Waals surface area contributed by atoms with E-state index in [2.05, 4.69) is 4.72 Å². The summed E-state index contributed by atoms with van der Waals surface area (Å²) in [6, 6.07) is 11.5. The molecule has 2 aromatic rings. The summed E-state index contributed by atoms with van der Waals surface area (Å²) in [4.78, 5) is 14.6. The molecule has 0 radical (unpaired) electrons. The number of sulfonamides is 1. The van der Waals surface area contributed by atoms with Gasteiger partial charge in [-0.15, -0.1) is 0 Å². The van der Waals surface area contributed by atoms with Crippen molar-refractivity contribution in [2.45, 2.75) is 31.6 Å². The normalized spacial score (nSPS) is 14.2. The van der Waals surface area contributed by atoms with Crippen molar-refractivity contribution < 1.29 is 17.9 Å². The summed E-state index contributed by atoms with van der Waals surface area (Å²) in [6.45, 7) is 5.52. The topological polar surface area (TPSA) is 75.7 Å². The van der Waals surface area contributed by atoms with E-state index in [0.717, 1.165) is 31.5 Å². The van der Waals surface area contributed by atoms with Crippen molar-refractivity contribution in [2.75, 3.05) is 24.4 Å². The van der Waals surface area contributed by atoms with Crippen LogP contribution in [0.5, 0.6) is 5.75 Å². The summed E-state index contributed by atoms with van der Waals surface area (Å²) in [5.41, 5.74) is 1.56. The average Bonchev–Trinajstić information content (AvgIpc) is 3.18. The molecule has 1 aliphatic heterocycles. The monoisotopic (exact) mass is 388 g/mol. The second kappa shape index (κ2) is 8.00. The fraction of sp³-hybridized carbons (Fsp3) is 0.350. The Kier molecular flexibility index (Phi) is 5.70. The number of likely N-dealkylation sites (tertiary alicyclic amines) is 1. The van der Waals surface area contributed by atoms with Gasteiger partial charge in [0.2, 0.25) is 0 Å². The highest BCUT2D eigenvalue weighted by Crippen LogP contribution is 2.27. The molecule has 0 saturated carbocycles. The predicted molar refractivity (Wildman–Crippen MR) is 105 cm³/mol. The number of amides is 1. The van der Waals surface area contributed by atoms with Gasteiger partial charge in [0.15, 0.2) is 0 Å². The summed E-state index contributed by atoms with van der Waals surface area (Å²) in [7, 11) is -3.85. The molecule has 1 aliphatic rings. The minimum Gasteiger partial charge on any atom is -0.492 e. The molecule has 3 rings (SSSR count). The molecule has 6 nitrogen and oxygen atoms in total. The lowest BCUT2D eigenvalue weighted by molar-refractivity contribution is 0.0792. The molecule has 0 bridgehead atoms. The van der Waals surface area contributed by atoms with Crippen LogP contribution in [0.2, 0.25) is 0 Å². The maximum absolute atomic E-state index is 12.9. The van der Waals surface area contributed by atoms with E-state index in [-0.39, 0.29) is 10.8 Å². The van der Waals surface area contributed by atoms with Crippen LogP contribution in [0.15, 0.2) is 47.4 Å². The molecule has 0 aromatic heterocycles. The van der Waals surface area contributed by atoms with Crippen molar-refractivity contribution in [3.63, 3.8) is 0 Å². The van der Waals surface area contributed by atoms with Gasteiger partial charge >= 0.3 is 0 Å². The van der Waals surface area contributed by atoms with Crippen molar-refractivity contribution in [3.05, 3.63) is 53.6 Å². The number of benzene rings is 2. The molecule has 0 aliphatic carbocycles. The number of hydrogen-bond donors (Lipinski definition) is 1. The lowest BCUT2D eigenvalue weighted by atomic mass is 10.1. The van der Waals surface area contributed by atoms with Crippen LogP contribution in [0.1, 0.15) is 35.7 Å². The molecule has 0 unspecified atom stereocenters. The number of aryl methyl sites for hydroxylation is 1. The molecule has 144 valence electrons. The molecular weight excluding hydrogens is 364 g/mol. The van der Waals surface area contributed by atoms with Crippen LogP contribution < -0.4 is 9.46 Å². The average molecular weight is 388 g/mol. The van der Waals surface area contributed by atoms with Crippen LogP contribution in [0, 0.1) is 6.92 Å². The Labute approximate surface area is 160 Å².